The maximum absolute atomic E-state index is 12.1. The van der Waals surface area contributed by atoms with Crippen molar-refractivity contribution in [2.45, 2.75) is 20.0 Å². The van der Waals surface area contributed by atoms with Crippen molar-refractivity contribution in [3.8, 4) is 0 Å². The zero-order valence-electron chi connectivity index (χ0n) is 10.5. The Balaban J connectivity index is 2.06. The van der Waals surface area contributed by atoms with E-state index in [9.17, 15) is 4.79 Å². The largest absolute Gasteiger partial charge is 0.353 e. The molecule has 0 aliphatic rings. The van der Waals surface area contributed by atoms with E-state index in [-0.39, 0.29) is 5.91 Å². The van der Waals surface area contributed by atoms with E-state index >= 15 is 0 Å². The molecule has 0 atom stereocenters. The van der Waals surface area contributed by atoms with Gasteiger partial charge in [-0.05, 0) is 41.1 Å². The maximum Gasteiger partial charge on any atom is 0.268 e. The van der Waals surface area contributed by atoms with Crippen LogP contribution in [0.1, 0.15) is 23.1 Å². The molecule has 96 valence electrons. The van der Waals surface area contributed by atoms with Gasteiger partial charge in [0, 0.05) is 36.2 Å². The average molecular weight is 310 g/mol. The Morgan fingerprint density at radius 1 is 1.50 bits per heavy atom. The number of amides is 1. The second-order valence-corrected chi connectivity index (χ2v) is 5.04. The molecule has 0 saturated heterocycles. The summed E-state index contributed by atoms with van der Waals surface area (Å²) in [5, 5.41) is 2.93. The van der Waals surface area contributed by atoms with E-state index < -0.39 is 0 Å². The van der Waals surface area contributed by atoms with Crippen molar-refractivity contribution in [3.63, 3.8) is 0 Å². The summed E-state index contributed by atoms with van der Waals surface area (Å²) in [4.78, 5) is 12.1. The summed E-state index contributed by atoms with van der Waals surface area (Å²) in [5.74, 6) is -0.0521. The second-order valence-electron chi connectivity index (χ2n) is 4.12. The van der Waals surface area contributed by atoms with Crippen molar-refractivity contribution < 1.29 is 4.79 Å². The molecule has 2 aromatic rings. The molecule has 0 aliphatic carbocycles. The molecule has 0 saturated carbocycles. The third kappa shape index (κ3) is 2.67. The molecule has 1 amide bonds. The van der Waals surface area contributed by atoms with Crippen LogP contribution in [-0.2, 0) is 20.1 Å². The molecule has 18 heavy (non-hydrogen) atoms. The molecular formula is C13H16BrN3O. The van der Waals surface area contributed by atoms with Gasteiger partial charge in [0.25, 0.3) is 5.91 Å². The van der Waals surface area contributed by atoms with Crippen LogP contribution in [-0.4, -0.2) is 15.0 Å². The molecule has 2 aromatic heterocycles. The van der Waals surface area contributed by atoms with Crippen molar-refractivity contribution in [2.75, 3.05) is 0 Å². The number of aryl methyl sites for hydroxylation is 2. The Bertz CT molecular complexity index is 556. The van der Waals surface area contributed by atoms with Crippen LogP contribution < -0.4 is 5.32 Å². The fourth-order valence-corrected chi connectivity index (χ4v) is 2.33. The summed E-state index contributed by atoms with van der Waals surface area (Å²) in [6.45, 7) is 3.33. The minimum atomic E-state index is -0.0521. The predicted molar refractivity (Wildman–Crippen MR) is 74.4 cm³/mol. The summed E-state index contributed by atoms with van der Waals surface area (Å²) in [6.07, 6.45) is 3.88. The maximum atomic E-state index is 12.1. The van der Waals surface area contributed by atoms with Crippen molar-refractivity contribution in [1.29, 1.82) is 0 Å². The lowest BCUT2D eigenvalue weighted by atomic mass is 10.3. The Kier molecular flexibility index (Phi) is 3.91. The van der Waals surface area contributed by atoms with Gasteiger partial charge in [0.2, 0.25) is 0 Å². The van der Waals surface area contributed by atoms with Gasteiger partial charge in [0.1, 0.15) is 5.69 Å². The first-order chi connectivity index (χ1) is 8.61. The van der Waals surface area contributed by atoms with Crippen molar-refractivity contribution in [3.05, 3.63) is 46.5 Å². The summed E-state index contributed by atoms with van der Waals surface area (Å²) in [5.41, 5.74) is 1.76. The van der Waals surface area contributed by atoms with E-state index in [1.165, 1.54) is 0 Å². The lowest BCUT2D eigenvalue weighted by Gasteiger charge is -2.08. The number of carbonyl (C=O) groups excluding carboxylic acids is 1. The van der Waals surface area contributed by atoms with Gasteiger partial charge in [-0.1, -0.05) is 0 Å². The summed E-state index contributed by atoms with van der Waals surface area (Å²) in [6, 6.07) is 5.80. The van der Waals surface area contributed by atoms with E-state index in [1.54, 1.807) is 0 Å². The average Bonchev–Trinajstić information content (AvgIpc) is 2.92. The van der Waals surface area contributed by atoms with Gasteiger partial charge in [0.05, 0.1) is 6.54 Å². The smallest absolute Gasteiger partial charge is 0.268 e. The molecule has 4 nitrogen and oxygen atoms in total. The second kappa shape index (κ2) is 5.44. The van der Waals surface area contributed by atoms with Gasteiger partial charge in [-0.3, -0.25) is 4.79 Å². The fraction of sp³-hybridized carbons (Fsp3) is 0.308. The topological polar surface area (TPSA) is 39.0 Å². The Labute approximate surface area is 115 Å². The SMILES string of the molecule is CCn1cc(Br)cc1C(=O)NCc1cccn1C. The third-order valence-electron chi connectivity index (χ3n) is 2.92. The Morgan fingerprint density at radius 3 is 2.89 bits per heavy atom. The summed E-state index contributed by atoms with van der Waals surface area (Å²) >= 11 is 3.39. The molecule has 0 aromatic carbocycles. The first-order valence-electron chi connectivity index (χ1n) is 5.86. The van der Waals surface area contributed by atoms with Gasteiger partial charge < -0.3 is 14.5 Å². The quantitative estimate of drug-likeness (QED) is 0.926. The van der Waals surface area contributed by atoms with Crippen LogP contribution in [0.25, 0.3) is 0 Å². The molecule has 0 fully saturated rings. The zero-order chi connectivity index (χ0) is 13.1. The molecule has 2 heterocycles. The van der Waals surface area contributed by atoms with Gasteiger partial charge in [-0.2, -0.15) is 0 Å². The lowest BCUT2D eigenvalue weighted by Crippen LogP contribution is -2.26. The van der Waals surface area contributed by atoms with Crippen LogP contribution in [0.5, 0.6) is 0 Å². The number of nitrogens with zero attached hydrogens (tertiary/aromatic N) is 2. The molecular weight excluding hydrogens is 294 g/mol. The van der Waals surface area contributed by atoms with Crippen LogP contribution in [0.2, 0.25) is 0 Å². The Hall–Kier alpha value is -1.49. The van der Waals surface area contributed by atoms with E-state index in [2.05, 4.69) is 21.2 Å². The molecule has 0 aliphatic heterocycles. The minimum absolute atomic E-state index is 0.0521. The molecule has 0 radical (unpaired) electrons. The molecule has 5 heteroatoms. The molecule has 1 N–H and O–H groups in total. The molecule has 0 unspecified atom stereocenters. The van der Waals surface area contributed by atoms with Crippen LogP contribution >= 0.6 is 15.9 Å². The Morgan fingerprint density at radius 2 is 2.28 bits per heavy atom. The first kappa shape index (κ1) is 13.0. The first-order valence-corrected chi connectivity index (χ1v) is 6.65. The third-order valence-corrected chi connectivity index (χ3v) is 3.35. The highest BCUT2D eigenvalue weighted by Gasteiger charge is 2.12. The lowest BCUT2D eigenvalue weighted by molar-refractivity contribution is 0.0941. The van der Waals surface area contributed by atoms with E-state index in [0.29, 0.717) is 12.2 Å². The van der Waals surface area contributed by atoms with E-state index in [4.69, 9.17) is 0 Å². The number of aromatic nitrogens is 2. The molecule has 0 spiro atoms. The van der Waals surface area contributed by atoms with Crippen LogP contribution in [0.4, 0.5) is 0 Å². The number of hydrogen-bond donors (Lipinski definition) is 1. The van der Waals surface area contributed by atoms with Crippen molar-refractivity contribution in [1.82, 2.24) is 14.5 Å². The highest BCUT2D eigenvalue weighted by molar-refractivity contribution is 9.10. The van der Waals surface area contributed by atoms with Gasteiger partial charge in [-0.15, -0.1) is 0 Å². The van der Waals surface area contributed by atoms with Crippen molar-refractivity contribution >= 4 is 21.8 Å². The number of halogens is 1. The normalized spacial score (nSPS) is 10.6. The van der Waals surface area contributed by atoms with Crippen LogP contribution in [0, 0.1) is 0 Å². The molecule has 0 bridgehead atoms. The molecule has 2 rings (SSSR count). The number of rotatable bonds is 4. The van der Waals surface area contributed by atoms with Gasteiger partial charge in [-0.25, -0.2) is 0 Å². The number of hydrogen-bond acceptors (Lipinski definition) is 1. The highest BCUT2D eigenvalue weighted by Crippen LogP contribution is 2.15. The minimum Gasteiger partial charge on any atom is -0.353 e. The van der Waals surface area contributed by atoms with Gasteiger partial charge in [0.15, 0.2) is 0 Å². The van der Waals surface area contributed by atoms with E-state index in [1.807, 2.05) is 53.7 Å². The fourth-order valence-electron chi connectivity index (χ4n) is 1.87. The van der Waals surface area contributed by atoms with Crippen LogP contribution in [0.15, 0.2) is 35.1 Å². The summed E-state index contributed by atoms with van der Waals surface area (Å²) in [7, 11) is 1.97. The number of carbonyl (C=O) groups is 1. The van der Waals surface area contributed by atoms with Gasteiger partial charge >= 0.3 is 0 Å². The number of nitrogens with one attached hydrogen (secondary N) is 1. The standard InChI is InChI=1S/C13H16BrN3O/c1-3-17-9-10(14)7-12(17)13(18)15-8-11-5-4-6-16(11)2/h4-7,9H,3,8H2,1-2H3,(H,15,18). The van der Waals surface area contributed by atoms with Crippen LogP contribution in [0.3, 0.4) is 0 Å². The summed E-state index contributed by atoms with van der Waals surface area (Å²) < 4.78 is 4.84. The monoisotopic (exact) mass is 309 g/mol. The zero-order valence-corrected chi connectivity index (χ0v) is 12.1. The highest BCUT2D eigenvalue weighted by atomic mass is 79.9. The van der Waals surface area contributed by atoms with E-state index in [0.717, 1.165) is 16.7 Å². The predicted octanol–water partition coefficient (Wildman–Crippen LogP) is 2.54. The van der Waals surface area contributed by atoms with Crippen molar-refractivity contribution in [2.24, 2.45) is 7.05 Å².